The normalized spacial score (nSPS) is 21.1. The molecule has 0 amide bonds. The molecule has 0 bridgehead atoms. The summed E-state index contributed by atoms with van der Waals surface area (Å²) in [6.07, 6.45) is 5.44. The first-order chi connectivity index (χ1) is 14.3. The van der Waals surface area contributed by atoms with Crippen LogP contribution in [0, 0.1) is 0 Å². The number of ether oxygens (including phenoxy) is 1. The number of pyridine rings is 1. The predicted molar refractivity (Wildman–Crippen MR) is 114 cm³/mol. The Morgan fingerprint density at radius 3 is 2.69 bits per heavy atom. The zero-order valence-electron chi connectivity index (χ0n) is 17.1. The van der Waals surface area contributed by atoms with Crippen LogP contribution in [0.15, 0.2) is 42.6 Å². The quantitative estimate of drug-likeness (QED) is 0.723. The minimum Gasteiger partial charge on any atom is -0.481 e. The van der Waals surface area contributed by atoms with Crippen LogP contribution in [-0.2, 0) is 6.54 Å². The Morgan fingerprint density at radius 1 is 1.10 bits per heavy atom. The first-order valence-electron chi connectivity index (χ1n) is 10.7. The third-order valence-corrected chi connectivity index (χ3v) is 6.38. The standard InChI is InChI=1S/C23H29N5O/c1-29-22-7-6-17(14-25-22)16-27-12-9-19(10-13-27)28-21-5-3-2-4-20(21)26-23(28)18-8-11-24-15-18/h2-7,14,18-19,24H,8-13,15-16H2,1H3/t18-/m1/s1. The Labute approximate surface area is 171 Å². The van der Waals surface area contributed by atoms with Crippen LogP contribution in [-0.4, -0.2) is 52.7 Å². The van der Waals surface area contributed by atoms with Gasteiger partial charge in [-0.25, -0.2) is 9.97 Å². The van der Waals surface area contributed by atoms with E-state index in [1.165, 1.54) is 23.3 Å². The van der Waals surface area contributed by atoms with Crippen molar-refractivity contribution in [2.75, 3.05) is 33.3 Å². The summed E-state index contributed by atoms with van der Waals surface area (Å²) in [5.74, 6) is 2.49. The number of nitrogens with one attached hydrogen (secondary N) is 1. The molecular formula is C23H29N5O. The fraction of sp³-hybridized carbons (Fsp3) is 0.478. The number of fused-ring (bicyclic) bond motifs is 1. The maximum Gasteiger partial charge on any atom is 0.212 e. The van der Waals surface area contributed by atoms with E-state index in [0.717, 1.165) is 51.1 Å². The van der Waals surface area contributed by atoms with E-state index >= 15 is 0 Å². The molecule has 0 aliphatic carbocycles. The molecule has 0 unspecified atom stereocenters. The molecule has 152 valence electrons. The first-order valence-corrected chi connectivity index (χ1v) is 10.7. The molecule has 1 N–H and O–H groups in total. The molecule has 2 aromatic heterocycles. The Morgan fingerprint density at radius 2 is 1.97 bits per heavy atom. The van der Waals surface area contributed by atoms with Crippen LogP contribution in [0.1, 0.15) is 42.6 Å². The molecule has 3 aromatic rings. The van der Waals surface area contributed by atoms with E-state index in [1.54, 1.807) is 7.11 Å². The van der Waals surface area contributed by atoms with E-state index in [4.69, 9.17) is 9.72 Å². The minimum absolute atomic E-state index is 0.531. The molecule has 0 radical (unpaired) electrons. The smallest absolute Gasteiger partial charge is 0.212 e. The van der Waals surface area contributed by atoms with E-state index in [2.05, 4.69) is 50.1 Å². The van der Waals surface area contributed by atoms with Crippen molar-refractivity contribution in [3.05, 3.63) is 54.0 Å². The van der Waals surface area contributed by atoms with E-state index in [0.29, 0.717) is 17.8 Å². The fourth-order valence-electron chi connectivity index (χ4n) is 4.83. The largest absolute Gasteiger partial charge is 0.481 e. The van der Waals surface area contributed by atoms with Gasteiger partial charge >= 0.3 is 0 Å². The number of methoxy groups -OCH3 is 1. The lowest BCUT2D eigenvalue weighted by molar-refractivity contribution is 0.179. The highest BCUT2D eigenvalue weighted by Gasteiger charge is 2.29. The summed E-state index contributed by atoms with van der Waals surface area (Å²) in [6, 6.07) is 13.2. The van der Waals surface area contributed by atoms with Crippen molar-refractivity contribution >= 4 is 11.0 Å². The SMILES string of the molecule is COc1ccc(CN2CCC(n3c([C@@H]4CCNC4)nc4ccccc43)CC2)cn1. The molecule has 2 aliphatic rings. The van der Waals surface area contributed by atoms with Gasteiger partial charge < -0.3 is 14.6 Å². The topological polar surface area (TPSA) is 55.2 Å². The molecule has 5 rings (SSSR count). The van der Waals surface area contributed by atoms with Crippen LogP contribution in [0.25, 0.3) is 11.0 Å². The number of benzene rings is 1. The number of piperidine rings is 1. The second kappa shape index (κ2) is 8.13. The number of imidazole rings is 1. The lowest BCUT2D eigenvalue weighted by atomic mass is 10.0. The van der Waals surface area contributed by atoms with Crippen molar-refractivity contribution in [1.82, 2.24) is 24.8 Å². The summed E-state index contributed by atoms with van der Waals surface area (Å²) < 4.78 is 7.73. The van der Waals surface area contributed by atoms with Gasteiger partial charge in [0.25, 0.3) is 0 Å². The minimum atomic E-state index is 0.531. The monoisotopic (exact) mass is 391 g/mol. The van der Waals surface area contributed by atoms with Gasteiger partial charge in [0.1, 0.15) is 5.82 Å². The van der Waals surface area contributed by atoms with Crippen LogP contribution in [0.5, 0.6) is 5.88 Å². The van der Waals surface area contributed by atoms with Crippen molar-refractivity contribution < 1.29 is 4.74 Å². The van der Waals surface area contributed by atoms with Crippen molar-refractivity contribution in [3.8, 4) is 5.88 Å². The third kappa shape index (κ3) is 3.74. The Hall–Kier alpha value is -2.44. The first kappa shape index (κ1) is 18.6. The number of aromatic nitrogens is 3. The lowest BCUT2D eigenvalue weighted by Gasteiger charge is -2.34. The number of likely N-dealkylation sites (tertiary alicyclic amines) is 1. The van der Waals surface area contributed by atoms with E-state index in [1.807, 2.05) is 12.3 Å². The molecular weight excluding hydrogens is 362 g/mol. The number of rotatable bonds is 5. The van der Waals surface area contributed by atoms with Crippen molar-refractivity contribution in [3.63, 3.8) is 0 Å². The summed E-state index contributed by atoms with van der Waals surface area (Å²) in [5.41, 5.74) is 3.68. The van der Waals surface area contributed by atoms with Crippen molar-refractivity contribution in [2.45, 2.75) is 37.8 Å². The molecule has 6 heteroatoms. The zero-order chi connectivity index (χ0) is 19.6. The Balaban J connectivity index is 1.32. The summed E-state index contributed by atoms with van der Waals surface area (Å²) in [7, 11) is 1.66. The highest BCUT2D eigenvalue weighted by Crippen LogP contribution is 2.33. The van der Waals surface area contributed by atoms with E-state index in [9.17, 15) is 0 Å². The molecule has 1 aromatic carbocycles. The van der Waals surface area contributed by atoms with Gasteiger partial charge in [-0.3, -0.25) is 4.90 Å². The van der Waals surface area contributed by atoms with Gasteiger partial charge in [-0.15, -0.1) is 0 Å². The second-order valence-corrected chi connectivity index (χ2v) is 8.23. The number of para-hydroxylation sites is 2. The van der Waals surface area contributed by atoms with Gasteiger partial charge in [0, 0.05) is 50.4 Å². The molecule has 0 spiro atoms. The summed E-state index contributed by atoms with van der Waals surface area (Å²) in [4.78, 5) is 11.9. The van der Waals surface area contributed by atoms with Crippen LogP contribution in [0.3, 0.4) is 0 Å². The summed E-state index contributed by atoms with van der Waals surface area (Å²) >= 11 is 0. The molecule has 2 aliphatic heterocycles. The van der Waals surface area contributed by atoms with Gasteiger partial charge in [0.15, 0.2) is 0 Å². The van der Waals surface area contributed by atoms with Gasteiger partial charge in [0.05, 0.1) is 18.1 Å². The van der Waals surface area contributed by atoms with Crippen molar-refractivity contribution in [1.29, 1.82) is 0 Å². The number of hydrogen-bond acceptors (Lipinski definition) is 5. The van der Waals surface area contributed by atoms with Crippen LogP contribution in [0.4, 0.5) is 0 Å². The molecule has 0 saturated carbocycles. The third-order valence-electron chi connectivity index (χ3n) is 6.38. The Kier molecular flexibility index (Phi) is 5.21. The average Bonchev–Trinajstić information content (AvgIpc) is 3.43. The maximum absolute atomic E-state index is 5.17. The lowest BCUT2D eigenvalue weighted by Crippen LogP contribution is -2.35. The zero-order valence-corrected chi connectivity index (χ0v) is 17.1. The van der Waals surface area contributed by atoms with Gasteiger partial charge in [0.2, 0.25) is 5.88 Å². The Bertz CT molecular complexity index is 953. The van der Waals surface area contributed by atoms with Gasteiger partial charge in [-0.1, -0.05) is 18.2 Å². The highest BCUT2D eigenvalue weighted by molar-refractivity contribution is 5.76. The fourth-order valence-corrected chi connectivity index (χ4v) is 4.83. The molecule has 1 atom stereocenters. The summed E-state index contributed by atoms with van der Waals surface area (Å²) in [5, 5.41) is 3.51. The van der Waals surface area contributed by atoms with Crippen LogP contribution in [0.2, 0.25) is 0 Å². The van der Waals surface area contributed by atoms with E-state index in [-0.39, 0.29) is 0 Å². The molecule has 6 nitrogen and oxygen atoms in total. The molecule has 2 fully saturated rings. The highest BCUT2D eigenvalue weighted by atomic mass is 16.5. The van der Waals surface area contributed by atoms with E-state index < -0.39 is 0 Å². The molecule has 4 heterocycles. The average molecular weight is 392 g/mol. The maximum atomic E-state index is 5.17. The number of nitrogens with zero attached hydrogens (tertiary/aromatic N) is 4. The second-order valence-electron chi connectivity index (χ2n) is 8.23. The van der Waals surface area contributed by atoms with Crippen LogP contribution < -0.4 is 10.1 Å². The summed E-state index contributed by atoms with van der Waals surface area (Å²) in [6.45, 7) is 5.31. The van der Waals surface area contributed by atoms with Gasteiger partial charge in [-0.05, 0) is 43.5 Å². The van der Waals surface area contributed by atoms with Crippen LogP contribution >= 0.6 is 0 Å². The van der Waals surface area contributed by atoms with Crippen molar-refractivity contribution in [2.24, 2.45) is 0 Å². The predicted octanol–water partition coefficient (Wildman–Crippen LogP) is 3.35. The number of hydrogen-bond donors (Lipinski definition) is 1. The molecule has 2 saturated heterocycles. The van der Waals surface area contributed by atoms with Gasteiger partial charge in [-0.2, -0.15) is 0 Å². The molecule has 29 heavy (non-hydrogen) atoms.